The average Bonchev–Trinajstić information content (AvgIpc) is 2.62. The standard InChI is InChI=1S/C14H16N2O4/c1-8-3-4-10(9(2)7-8)12-13(19)16(14(20)15-12)6-5-11(17)18/h3-4,7,12H,5-6H2,1-2H3,(H,15,20)(H,17,18). The predicted molar refractivity (Wildman–Crippen MR) is 71.2 cm³/mol. The Bertz CT molecular complexity index is 583. The fourth-order valence-electron chi connectivity index (χ4n) is 2.30. The monoisotopic (exact) mass is 276 g/mol. The Morgan fingerprint density at radius 1 is 1.35 bits per heavy atom. The number of carbonyl (C=O) groups excluding carboxylic acids is 2. The topological polar surface area (TPSA) is 86.7 Å². The predicted octanol–water partition coefficient (Wildman–Crippen LogP) is 1.37. The molecule has 3 amide bonds. The second-order valence-electron chi connectivity index (χ2n) is 4.88. The summed E-state index contributed by atoms with van der Waals surface area (Å²) in [6.07, 6.45) is -0.251. The molecule has 0 radical (unpaired) electrons. The largest absolute Gasteiger partial charge is 0.481 e. The molecule has 2 rings (SSSR count). The van der Waals surface area contributed by atoms with Crippen molar-refractivity contribution in [1.29, 1.82) is 0 Å². The van der Waals surface area contributed by atoms with Crippen molar-refractivity contribution in [3.63, 3.8) is 0 Å². The zero-order valence-electron chi connectivity index (χ0n) is 11.3. The van der Waals surface area contributed by atoms with Crippen molar-refractivity contribution in [3.8, 4) is 0 Å². The molecule has 2 N–H and O–H groups in total. The van der Waals surface area contributed by atoms with Crippen molar-refractivity contribution in [1.82, 2.24) is 10.2 Å². The number of aryl methyl sites for hydroxylation is 2. The summed E-state index contributed by atoms with van der Waals surface area (Å²) < 4.78 is 0. The molecule has 20 heavy (non-hydrogen) atoms. The van der Waals surface area contributed by atoms with E-state index in [1.807, 2.05) is 32.0 Å². The molecule has 0 bridgehead atoms. The van der Waals surface area contributed by atoms with Crippen LogP contribution in [0.3, 0.4) is 0 Å². The first-order valence-electron chi connectivity index (χ1n) is 6.31. The maximum absolute atomic E-state index is 12.2. The summed E-state index contributed by atoms with van der Waals surface area (Å²) in [5.74, 6) is -1.44. The van der Waals surface area contributed by atoms with Gasteiger partial charge in [-0.2, -0.15) is 0 Å². The molecule has 1 aliphatic rings. The summed E-state index contributed by atoms with van der Waals surface area (Å²) >= 11 is 0. The van der Waals surface area contributed by atoms with Crippen LogP contribution < -0.4 is 5.32 Å². The number of benzene rings is 1. The van der Waals surface area contributed by atoms with Gasteiger partial charge >= 0.3 is 12.0 Å². The van der Waals surface area contributed by atoms with Gasteiger partial charge in [0, 0.05) is 6.54 Å². The molecule has 1 atom stereocenters. The summed E-state index contributed by atoms with van der Waals surface area (Å²) in [6, 6.07) is 4.36. The number of imide groups is 1. The quantitative estimate of drug-likeness (QED) is 0.813. The van der Waals surface area contributed by atoms with E-state index in [0.717, 1.165) is 21.6 Å². The second kappa shape index (κ2) is 5.32. The maximum atomic E-state index is 12.2. The number of amides is 3. The number of rotatable bonds is 4. The van der Waals surface area contributed by atoms with E-state index in [9.17, 15) is 14.4 Å². The van der Waals surface area contributed by atoms with E-state index in [-0.39, 0.29) is 13.0 Å². The number of nitrogens with zero attached hydrogens (tertiary/aromatic N) is 1. The van der Waals surface area contributed by atoms with Crippen LogP contribution in [-0.4, -0.2) is 34.5 Å². The van der Waals surface area contributed by atoms with Gasteiger partial charge in [-0.05, 0) is 25.0 Å². The van der Waals surface area contributed by atoms with Crippen molar-refractivity contribution in [2.24, 2.45) is 0 Å². The lowest BCUT2D eigenvalue weighted by molar-refractivity contribution is -0.137. The zero-order valence-corrected chi connectivity index (χ0v) is 11.3. The van der Waals surface area contributed by atoms with Crippen LogP contribution >= 0.6 is 0 Å². The van der Waals surface area contributed by atoms with E-state index in [1.165, 1.54) is 0 Å². The SMILES string of the molecule is Cc1ccc(C2NC(=O)N(CCC(=O)O)C2=O)c(C)c1. The smallest absolute Gasteiger partial charge is 0.325 e. The van der Waals surface area contributed by atoms with Gasteiger partial charge in [-0.25, -0.2) is 4.79 Å². The number of aliphatic carboxylic acids is 1. The summed E-state index contributed by atoms with van der Waals surface area (Å²) in [5.41, 5.74) is 2.74. The molecule has 6 nitrogen and oxygen atoms in total. The Hall–Kier alpha value is -2.37. The summed E-state index contributed by atoms with van der Waals surface area (Å²) in [7, 11) is 0. The first-order chi connectivity index (χ1) is 9.40. The number of carboxylic acids is 1. The molecule has 1 heterocycles. The minimum Gasteiger partial charge on any atom is -0.481 e. The van der Waals surface area contributed by atoms with Crippen LogP contribution in [0.25, 0.3) is 0 Å². The normalized spacial score (nSPS) is 18.3. The van der Waals surface area contributed by atoms with Gasteiger partial charge in [-0.3, -0.25) is 14.5 Å². The molecule has 1 fully saturated rings. The summed E-state index contributed by atoms with van der Waals surface area (Å²) in [5, 5.41) is 11.2. The molecule has 106 valence electrons. The van der Waals surface area contributed by atoms with Crippen molar-refractivity contribution >= 4 is 17.9 Å². The van der Waals surface area contributed by atoms with Gasteiger partial charge < -0.3 is 10.4 Å². The Labute approximate surface area is 116 Å². The van der Waals surface area contributed by atoms with Gasteiger partial charge in [0.15, 0.2) is 0 Å². The number of nitrogens with one attached hydrogen (secondary N) is 1. The van der Waals surface area contributed by atoms with Gasteiger partial charge in [-0.1, -0.05) is 23.8 Å². The first kappa shape index (κ1) is 14.0. The van der Waals surface area contributed by atoms with Crippen molar-refractivity contribution in [2.45, 2.75) is 26.3 Å². The van der Waals surface area contributed by atoms with Crippen molar-refractivity contribution < 1.29 is 19.5 Å². The fraction of sp³-hybridized carbons (Fsp3) is 0.357. The van der Waals surface area contributed by atoms with Gasteiger partial charge in [-0.15, -0.1) is 0 Å². The molecule has 1 aliphatic heterocycles. The van der Waals surface area contributed by atoms with E-state index in [4.69, 9.17) is 5.11 Å². The third-order valence-corrected chi connectivity index (χ3v) is 3.31. The third-order valence-electron chi connectivity index (χ3n) is 3.31. The molecular weight excluding hydrogens is 260 g/mol. The van der Waals surface area contributed by atoms with Gasteiger partial charge in [0.25, 0.3) is 5.91 Å². The number of urea groups is 1. The van der Waals surface area contributed by atoms with Gasteiger partial charge in [0.05, 0.1) is 6.42 Å². The highest BCUT2D eigenvalue weighted by Gasteiger charge is 2.39. The lowest BCUT2D eigenvalue weighted by Gasteiger charge is -2.13. The summed E-state index contributed by atoms with van der Waals surface area (Å²) in [4.78, 5) is 35.5. The molecule has 0 saturated carbocycles. The molecule has 1 aromatic rings. The lowest BCUT2D eigenvalue weighted by Crippen LogP contribution is -2.32. The molecule has 1 aromatic carbocycles. The molecular formula is C14H16N2O4. The maximum Gasteiger partial charge on any atom is 0.325 e. The van der Waals surface area contributed by atoms with Crippen LogP contribution in [-0.2, 0) is 9.59 Å². The van der Waals surface area contributed by atoms with Crippen LogP contribution in [0.2, 0.25) is 0 Å². The second-order valence-corrected chi connectivity index (χ2v) is 4.88. The number of carboxylic acid groups (broad SMARTS) is 1. The zero-order chi connectivity index (χ0) is 14.9. The van der Waals surface area contributed by atoms with E-state index in [1.54, 1.807) is 0 Å². The average molecular weight is 276 g/mol. The molecule has 1 unspecified atom stereocenters. The highest BCUT2D eigenvalue weighted by molar-refractivity contribution is 6.04. The van der Waals surface area contributed by atoms with E-state index in [0.29, 0.717) is 0 Å². The Kier molecular flexibility index (Phi) is 3.74. The minimum atomic E-state index is -1.04. The fourth-order valence-corrected chi connectivity index (χ4v) is 2.30. The van der Waals surface area contributed by atoms with Gasteiger partial charge in [0.1, 0.15) is 6.04 Å². The molecule has 1 saturated heterocycles. The Balaban J connectivity index is 2.21. The van der Waals surface area contributed by atoms with Crippen LogP contribution in [0, 0.1) is 13.8 Å². The number of carbonyl (C=O) groups is 3. The van der Waals surface area contributed by atoms with Crippen molar-refractivity contribution in [2.75, 3.05) is 6.54 Å². The first-order valence-corrected chi connectivity index (χ1v) is 6.31. The van der Waals surface area contributed by atoms with Gasteiger partial charge in [0.2, 0.25) is 0 Å². The van der Waals surface area contributed by atoms with E-state index < -0.39 is 23.9 Å². The highest BCUT2D eigenvalue weighted by atomic mass is 16.4. The number of hydrogen-bond donors (Lipinski definition) is 2. The molecule has 0 aliphatic carbocycles. The number of hydrogen-bond acceptors (Lipinski definition) is 3. The molecule has 0 aromatic heterocycles. The van der Waals surface area contributed by atoms with Crippen molar-refractivity contribution in [3.05, 3.63) is 34.9 Å². The Morgan fingerprint density at radius 3 is 2.65 bits per heavy atom. The van der Waals surface area contributed by atoms with Crippen LogP contribution in [0.15, 0.2) is 18.2 Å². The van der Waals surface area contributed by atoms with E-state index in [2.05, 4.69) is 5.32 Å². The molecule has 0 spiro atoms. The van der Waals surface area contributed by atoms with Crippen LogP contribution in [0.5, 0.6) is 0 Å². The minimum absolute atomic E-state index is 0.110. The summed E-state index contributed by atoms with van der Waals surface area (Å²) in [6.45, 7) is 3.72. The third kappa shape index (κ3) is 2.64. The Morgan fingerprint density at radius 2 is 2.05 bits per heavy atom. The van der Waals surface area contributed by atoms with Crippen LogP contribution in [0.1, 0.15) is 29.2 Å². The van der Waals surface area contributed by atoms with E-state index >= 15 is 0 Å². The molecule has 6 heteroatoms. The lowest BCUT2D eigenvalue weighted by atomic mass is 9.99. The van der Waals surface area contributed by atoms with Crippen LogP contribution in [0.4, 0.5) is 4.79 Å². The highest BCUT2D eigenvalue weighted by Crippen LogP contribution is 2.25.